The van der Waals surface area contributed by atoms with E-state index in [1.54, 1.807) is 13.1 Å². The number of rotatable bonds is 6. The molecule has 1 atom stereocenters. The fourth-order valence-electron chi connectivity index (χ4n) is 4.25. The number of amides is 1. The number of para-hydroxylation sites is 1. The van der Waals surface area contributed by atoms with E-state index in [0.717, 1.165) is 22.9 Å². The molecule has 164 valence electrons. The van der Waals surface area contributed by atoms with Crippen molar-refractivity contribution in [3.63, 3.8) is 0 Å². The SMILES string of the molecule is CCn1c2ccccc2c2cc(/C=N/NC(=O)C(C)Oc3ccc4ccccc4c3)ccc21. The van der Waals surface area contributed by atoms with Crippen LogP contribution < -0.4 is 10.2 Å². The average Bonchev–Trinajstić information content (AvgIpc) is 3.17. The second-order valence-corrected chi connectivity index (χ2v) is 8.04. The lowest BCUT2D eigenvalue weighted by Gasteiger charge is -2.13. The Kier molecular flexibility index (Phi) is 5.53. The molecule has 1 amide bonds. The van der Waals surface area contributed by atoms with Crippen LogP contribution in [0.2, 0.25) is 0 Å². The van der Waals surface area contributed by atoms with Crippen LogP contribution in [0.3, 0.4) is 0 Å². The third-order valence-corrected chi connectivity index (χ3v) is 5.90. The summed E-state index contributed by atoms with van der Waals surface area (Å²) in [6.07, 6.45) is 0.992. The van der Waals surface area contributed by atoms with Gasteiger partial charge in [0.05, 0.1) is 6.21 Å². The van der Waals surface area contributed by atoms with Crippen molar-refractivity contribution in [3.8, 4) is 5.75 Å². The second kappa shape index (κ2) is 8.79. The number of carbonyl (C=O) groups is 1. The average molecular weight is 436 g/mol. The van der Waals surface area contributed by atoms with E-state index in [0.29, 0.717) is 5.75 Å². The number of fused-ring (bicyclic) bond motifs is 4. The number of carbonyl (C=O) groups excluding carboxylic acids is 1. The van der Waals surface area contributed by atoms with E-state index < -0.39 is 6.10 Å². The van der Waals surface area contributed by atoms with Crippen LogP contribution >= 0.6 is 0 Å². The van der Waals surface area contributed by atoms with Gasteiger partial charge in [-0.3, -0.25) is 4.79 Å². The van der Waals surface area contributed by atoms with Gasteiger partial charge in [-0.15, -0.1) is 0 Å². The molecular weight excluding hydrogens is 410 g/mol. The second-order valence-electron chi connectivity index (χ2n) is 8.04. The Morgan fingerprint density at radius 3 is 2.55 bits per heavy atom. The minimum absolute atomic E-state index is 0.303. The van der Waals surface area contributed by atoms with Crippen molar-refractivity contribution in [3.05, 3.63) is 90.5 Å². The summed E-state index contributed by atoms with van der Waals surface area (Å²) in [7, 11) is 0. The van der Waals surface area contributed by atoms with Crippen LogP contribution in [0.15, 0.2) is 90.0 Å². The van der Waals surface area contributed by atoms with Crippen LogP contribution in [0, 0.1) is 0 Å². The Labute approximate surface area is 192 Å². The molecule has 33 heavy (non-hydrogen) atoms. The molecule has 0 bridgehead atoms. The van der Waals surface area contributed by atoms with Gasteiger partial charge in [-0.05, 0) is 60.5 Å². The van der Waals surface area contributed by atoms with Crippen molar-refractivity contribution >= 4 is 44.7 Å². The third-order valence-electron chi connectivity index (χ3n) is 5.90. The van der Waals surface area contributed by atoms with Crippen LogP contribution in [0.4, 0.5) is 0 Å². The molecule has 0 spiro atoms. The van der Waals surface area contributed by atoms with Gasteiger partial charge in [0, 0.05) is 28.4 Å². The van der Waals surface area contributed by atoms with Gasteiger partial charge >= 0.3 is 0 Å². The maximum Gasteiger partial charge on any atom is 0.280 e. The highest BCUT2D eigenvalue weighted by Crippen LogP contribution is 2.29. The maximum absolute atomic E-state index is 12.5. The molecule has 5 heteroatoms. The van der Waals surface area contributed by atoms with E-state index >= 15 is 0 Å². The molecular formula is C28H25N3O2. The van der Waals surface area contributed by atoms with E-state index in [1.807, 2.05) is 48.5 Å². The van der Waals surface area contributed by atoms with E-state index in [2.05, 4.69) is 58.4 Å². The molecule has 0 fully saturated rings. The van der Waals surface area contributed by atoms with E-state index in [9.17, 15) is 4.79 Å². The predicted molar refractivity (Wildman–Crippen MR) is 135 cm³/mol. The van der Waals surface area contributed by atoms with Gasteiger partial charge in [0.1, 0.15) is 5.75 Å². The number of nitrogens with zero attached hydrogens (tertiary/aromatic N) is 2. The number of ether oxygens (including phenoxy) is 1. The third kappa shape index (κ3) is 4.05. The van der Waals surface area contributed by atoms with E-state index in [1.165, 1.54) is 21.8 Å². The van der Waals surface area contributed by atoms with Crippen molar-refractivity contribution < 1.29 is 9.53 Å². The summed E-state index contributed by atoms with van der Waals surface area (Å²) in [6, 6.07) is 28.5. The minimum Gasteiger partial charge on any atom is -0.481 e. The number of benzene rings is 4. The van der Waals surface area contributed by atoms with Gasteiger partial charge in [0.25, 0.3) is 5.91 Å². The molecule has 0 radical (unpaired) electrons. The first kappa shape index (κ1) is 20.8. The fraction of sp³-hybridized carbons (Fsp3) is 0.143. The zero-order valence-electron chi connectivity index (χ0n) is 18.7. The molecule has 5 rings (SSSR count). The zero-order valence-corrected chi connectivity index (χ0v) is 18.7. The van der Waals surface area contributed by atoms with E-state index in [4.69, 9.17) is 4.74 Å². The van der Waals surface area contributed by atoms with Crippen LogP contribution in [-0.2, 0) is 11.3 Å². The number of hydrazone groups is 1. The number of hydrogen-bond acceptors (Lipinski definition) is 3. The first-order chi connectivity index (χ1) is 16.1. The first-order valence-corrected chi connectivity index (χ1v) is 11.1. The maximum atomic E-state index is 12.5. The summed E-state index contributed by atoms with van der Waals surface area (Å²) in [5.41, 5.74) is 5.92. The fourth-order valence-corrected chi connectivity index (χ4v) is 4.25. The Bertz CT molecular complexity index is 1500. The lowest BCUT2D eigenvalue weighted by Crippen LogP contribution is -2.33. The van der Waals surface area contributed by atoms with Gasteiger partial charge in [-0.1, -0.05) is 54.6 Å². The first-order valence-electron chi connectivity index (χ1n) is 11.1. The highest BCUT2D eigenvalue weighted by Gasteiger charge is 2.14. The van der Waals surface area contributed by atoms with Crippen molar-refractivity contribution in [2.24, 2.45) is 5.10 Å². The van der Waals surface area contributed by atoms with Crippen molar-refractivity contribution in [1.82, 2.24) is 9.99 Å². The lowest BCUT2D eigenvalue weighted by molar-refractivity contribution is -0.127. The molecule has 4 aromatic carbocycles. The highest BCUT2D eigenvalue weighted by atomic mass is 16.5. The number of hydrogen-bond donors (Lipinski definition) is 1. The Morgan fingerprint density at radius 1 is 0.939 bits per heavy atom. The topological polar surface area (TPSA) is 55.6 Å². The Balaban J connectivity index is 1.29. The molecule has 1 N–H and O–H groups in total. The summed E-state index contributed by atoms with van der Waals surface area (Å²) in [4.78, 5) is 12.5. The molecule has 1 heterocycles. The smallest absolute Gasteiger partial charge is 0.280 e. The van der Waals surface area contributed by atoms with Crippen LogP contribution in [0.25, 0.3) is 32.6 Å². The Morgan fingerprint density at radius 2 is 1.70 bits per heavy atom. The highest BCUT2D eigenvalue weighted by molar-refractivity contribution is 6.09. The molecule has 0 aliphatic rings. The quantitative estimate of drug-likeness (QED) is 0.267. The molecule has 0 aliphatic carbocycles. The summed E-state index contributed by atoms with van der Waals surface area (Å²) >= 11 is 0. The molecule has 0 saturated carbocycles. The normalized spacial score (nSPS) is 12.5. The molecule has 0 saturated heterocycles. The molecule has 1 aromatic heterocycles. The van der Waals surface area contributed by atoms with Crippen molar-refractivity contribution in [2.45, 2.75) is 26.5 Å². The molecule has 5 nitrogen and oxygen atoms in total. The lowest BCUT2D eigenvalue weighted by atomic mass is 10.1. The largest absolute Gasteiger partial charge is 0.481 e. The monoisotopic (exact) mass is 435 g/mol. The number of aryl methyl sites for hydroxylation is 1. The summed E-state index contributed by atoms with van der Waals surface area (Å²) < 4.78 is 8.12. The van der Waals surface area contributed by atoms with Crippen molar-refractivity contribution in [1.29, 1.82) is 0 Å². The van der Waals surface area contributed by atoms with Crippen LogP contribution in [0.1, 0.15) is 19.4 Å². The standard InChI is InChI=1S/C28H25N3O2/c1-3-31-26-11-7-6-10-24(26)25-16-20(12-15-27(25)31)18-29-30-28(32)19(2)33-23-14-13-21-8-4-5-9-22(21)17-23/h4-19H,3H2,1-2H3,(H,30,32)/b29-18+. The summed E-state index contributed by atoms with van der Waals surface area (Å²) in [6.45, 7) is 4.77. The summed E-state index contributed by atoms with van der Waals surface area (Å²) in [5.74, 6) is 0.348. The van der Waals surface area contributed by atoms with Gasteiger partial charge in [-0.2, -0.15) is 5.10 Å². The number of aromatic nitrogens is 1. The minimum atomic E-state index is -0.673. The van der Waals surface area contributed by atoms with Gasteiger partial charge < -0.3 is 9.30 Å². The van der Waals surface area contributed by atoms with Gasteiger partial charge in [-0.25, -0.2) is 5.43 Å². The predicted octanol–water partition coefficient (Wildman–Crippen LogP) is 5.89. The number of nitrogens with one attached hydrogen (secondary N) is 1. The van der Waals surface area contributed by atoms with Gasteiger partial charge in [0.15, 0.2) is 6.10 Å². The molecule has 0 aliphatic heterocycles. The Hall–Kier alpha value is -4.12. The summed E-state index contributed by atoms with van der Waals surface area (Å²) in [5, 5.41) is 8.75. The zero-order chi connectivity index (χ0) is 22.8. The van der Waals surface area contributed by atoms with Crippen LogP contribution in [0.5, 0.6) is 5.75 Å². The van der Waals surface area contributed by atoms with Crippen LogP contribution in [-0.4, -0.2) is 22.8 Å². The molecule has 5 aromatic rings. The molecule has 1 unspecified atom stereocenters. The van der Waals surface area contributed by atoms with E-state index in [-0.39, 0.29) is 5.91 Å². The van der Waals surface area contributed by atoms with Gasteiger partial charge in [0.2, 0.25) is 0 Å². The van der Waals surface area contributed by atoms with Crippen molar-refractivity contribution in [2.75, 3.05) is 0 Å².